The van der Waals surface area contributed by atoms with E-state index in [0.29, 0.717) is 17.8 Å². The minimum atomic E-state index is -1.02. The molecule has 5 heteroatoms. The Kier molecular flexibility index (Phi) is 1.89. The van der Waals surface area contributed by atoms with E-state index in [-0.39, 0.29) is 5.76 Å². The van der Waals surface area contributed by atoms with Crippen LogP contribution in [0.3, 0.4) is 0 Å². The van der Waals surface area contributed by atoms with Crippen molar-refractivity contribution in [3.8, 4) is 0 Å². The molecule has 3 rings (SSSR count). The summed E-state index contributed by atoms with van der Waals surface area (Å²) in [4.78, 5) is 12.9. The molecule has 1 aromatic rings. The van der Waals surface area contributed by atoms with Crippen LogP contribution >= 0.6 is 0 Å². The summed E-state index contributed by atoms with van der Waals surface area (Å²) in [6.07, 6.45) is 2.51. The second-order valence-corrected chi connectivity index (χ2v) is 4.60. The van der Waals surface area contributed by atoms with Crippen LogP contribution in [0.4, 0.5) is 11.6 Å². The Balaban J connectivity index is 1.91. The molecule has 5 nitrogen and oxygen atoms in total. The summed E-state index contributed by atoms with van der Waals surface area (Å²) in [7, 11) is 1.97. The third-order valence-electron chi connectivity index (χ3n) is 3.31. The monoisotopic (exact) mass is 222 g/mol. The number of rotatable bonds is 2. The average molecular weight is 222 g/mol. The van der Waals surface area contributed by atoms with Gasteiger partial charge in [-0.3, -0.25) is 0 Å². The maximum Gasteiger partial charge on any atom is 0.371 e. The molecule has 16 heavy (non-hydrogen) atoms. The Bertz CT molecular complexity index is 436. The van der Waals surface area contributed by atoms with Crippen molar-refractivity contribution in [3.63, 3.8) is 0 Å². The highest BCUT2D eigenvalue weighted by atomic mass is 16.4. The number of hydrogen-bond acceptors (Lipinski definition) is 4. The molecule has 1 aromatic heterocycles. The van der Waals surface area contributed by atoms with Gasteiger partial charge in [-0.2, -0.15) is 0 Å². The zero-order chi connectivity index (χ0) is 11.3. The number of fused-ring (bicyclic) bond motifs is 1. The summed E-state index contributed by atoms with van der Waals surface area (Å²) >= 11 is 0. The van der Waals surface area contributed by atoms with E-state index in [1.54, 1.807) is 6.07 Å². The quantitative estimate of drug-likeness (QED) is 0.796. The number of carboxylic acid groups (broad SMARTS) is 1. The smallest absolute Gasteiger partial charge is 0.371 e. The molecule has 0 bridgehead atoms. The normalized spacial score (nSPS) is 23.8. The van der Waals surface area contributed by atoms with E-state index in [4.69, 9.17) is 9.52 Å². The van der Waals surface area contributed by atoms with Crippen LogP contribution in [0.5, 0.6) is 0 Å². The highest BCUT2D eigenvalue weighted by molar-refractivity contribution is 5.88. The van der Waals surface area contributed by atoms with Crippen molar-refractivity contribution in [3.05, 3.63) is 11.8 Å². The fourth-order valence-corrected chi connectivity index (χ4v) is 2.25. The first kappa shape index (κ1) is 9.57. The second kappa shape index (κ2) is 3.17. The van der Waals surface area contributed by atoms with E-state index < -0.39 is 5.97 Å². The van der Waals surface area contributed by atoms with Gasteiger partial charge < -0.3 is 19.7 Å². The molecular weight excluding hydrogens is 208 g/mol. The zero-order valence-corrected chi connectivity index (χ0v) is 9.06. The van der Waals surface area contributed by atoms with Crippen molar-refractivity contribution >= 4 is 17.5 Å². The Labute approximate surface area is 93.0 Å². The summed E-state index contributed by atoms with van der Waals surface area (Å²) < 4.78 is 5.29. The van der Waals surface area contributed by atoms with Gasteiger partial charge in [0.1, 0.15) is 5.69 Å². The molecule has 0 radical (unpaired) electrons. The maximum absolute atomic E-state index is 10.8. The van der Waals surface area contributed by atoms with Gasteiger partial charge in [0.05, 0.1) is 0 Å². The summed E-state index contributed by atoms with van der Waals surface area (Å²) in [6, 6.07) is 1.97. The second-order valence-electron chi connectivity index (χ2n) is 4.60. The zero-order valence-electron chi connectivity index (χ0n) is 9.06. The number of nitrogens with one attached hydrogen (secondary N) is 1. The number of likely N-dealkylation sites (N-methyl/N-ethyl adjacent to an activating group) is 1. The highest BCUT2D eigenvalue weighted by Crippen LogP contribution is 2.40. The van der Waals surface area contributed by atoms with E-state index in [1.165, 1.54) is 12.8 Å². The van der Waals surface area contributed by atoms with Crippen LogP contribution in [0.15, 0.2) is 10.5 Å². The lowest BCUT2D eigenvalue weighted by atomic mass is 10.1. The molecular formula is C11H14N2O3. The molecule has 2 N–H and O–H groups in total. The first-order valence-corrected chi connectivity index (χ1v) is 5.50. The van der Waals surface area contributed by atoms with Crippen molar-refractivity contribution in [2.24, 2.45) is 5.92 Å². The summed E-state index contributed by atoms with van der Waals surface area (Å²) in [5.41, 5.74) is 0.842. The van der Waals surface area contributed by atoms with Crippen molar-refractivity contribution in [2.45, 2.75) is 18.9 Å². The Morgan fingerprint density at radius 2 is 2.38 bits per heavy atom. The van der Waals surface area contributed by atoms with Gasteiger partial charge in [0.2, 0.25) is 11.6 Å². The third-order valence-corrected chi connectivity index (χ3v) is 3.31. The van der Waals surface area contributed by atoms with Crippen molar-refractivity contribution in [1.82, 2.24) is 0 Å². The van der Waals surface area contributed by atoms with Gasteiger partial charge in [0.25, 0.3) is 0 Å². The third kappa shape index (κ3) is 1.43. The average Bonchev–Trinajstić information content (AvgIpc) is 2.97. The van der Waals surface area contributed by atoms with Gasteiger partial charge in [-0.25, -0.2) is 4.79 Å². The number of furan rings is 1. The van der Waals surface area contributed by atoms with Crippen LogP contribution in [-0.2, 0) is 0 Å². The van der Waals surface area contributed by atoms with E-state index in [9.17, 15) is 4.79 Å². The van der Waals surface area contributed by atoms with Crippen molar-refractivity contribution in [2.75, 3.05) is 23.8 Å². The van der Waals surface area contributed by atoms with Gasteiger partial charge in [0, 0.05) is 25.7 Å². The molecule has 1 aliphatic heterocycles. The van der Waals surface area contributed by atoms with Crippen LogP contribution < -0.4 is 10.2 Å². The van der Waals surface area contributed by atoms with E-state index in [2.05, 4.69) is 10.2 Å². The molecule has 1 saturated carbocycles. The van der Waals surface area contributed by atoms with Gasteiger partial charge in [-0.1, -0.05) is 0 Å². The molecule has 0 aromatic carbocycles. The molecule has 1 unspecified atom stereocenters. The molecule has 86 valence electrons. The van der Waals surface area contributed by atoms with Crippen molar-refractivity contribution in [1.29, 1.82) is 0 Å². The molecule has 1 aliphatic carbocycles. The van der Waals surface area contributed by atoms with Crippen LogP contribution in [0.2, 0.25) is 0 Å². The number of hydrogen-bond donors (Lipinski definition) is 2. The number of carbonyl (C=O) groups is 1. The number of carboxylic acids is 1. The first-order valence-electron chi connectivity index (χ1n) is 5.50. The molecule has 2 heterocycles. The summed E-state index contributed by atoms with van der Waals surface area (Å²) in [6.45, 7) is 0.913. The Morgan fingerprint density at radius 1 is 1.62 bits per heavy atom. The molecule has 1 atom stereocenters. The van der Waals surface area contributed by atoms with Gasteiger partial charge >= 0.3 is 5.97 Å². The topological polar surface area (TPSA) is 65.7 Å². The van der Waals surface area contributed by atoms with Crippen LogP contribution in [0.25, 0.3) is 0 Å². The molecule has 0 saturated heterocycles. The first-order chi connectivity index (χ1) is 7.65. The predicted molar refractivity (Wildman–Crippen MR) is 59.1 cm³/mol. The minimum Gasteiger partial charge on any atom is -0.475 e. The molecule has 0 amide bonds. The number of nitrogens with zero attached hydrogens (tertiary/aromatic N) is 1. The standard InChI is InChI=1S/C11H14N2O3/c1-13-5-7(6-2-3-6)12-10-8(13)4-9(16-10)11(14)15/h4,6-7,12H,2-3,5H2,1H3,(H,14,15). The Hall–Kier alpha value is -1.65. The largest absolute Gasteiger partial charge is 0.475 e. The lowest BCUT2D eigenvalue weighted by Crippen LogP contribution is -2.40. The Morgan fingerprint density at radius 3 is 3.00 bits per heavy atom. The van der Waals surface area contributed by atoms with Crippen LogP contribution in [0, 0.1) is 5.92 Å². The minimum absolute atomic E-state index is 0.000738. The molecule has 1 fully saturated rings. The maximum atomic E-state index is 10.8. The lowest BCUT2D eigenvalue weighted by molar-refractivity contribution is 0.0663. The van der Waals surface area contributed by atoms with E-state index in [1.807, 2.05) is 7.05 Å². The van der Waals surface area contributed by atoms with Gasteiger partial charge in [-0.05, 0) is 18.8 Å². The van der Waals surface area contributed by atoms with Crippen LogP contribution in [0.1, 0.15) is 23.4 Å². The van der Waals surface area contributed by atoms with Gasteiger partial charge in [0.15, 0.2) is 0 Å². The lowest BCUT2D eigenvalue weighted by Gasteiger charge is -2.31. The fraction of sp³-hybridized carbons (Fsp3) is 0.545. The number of aromatic carboxylic acids is 1. The van der Waals surface area contributed by atoms with Crippen molar-refractivity contribution < 1.29 is 14.3 Å². The summed E-state index contributed by atoms with van der Waals surface area (Å²) in [5.74, 6) is 0.297. The van der Waals surface area contributed by atoms with Crippen LogP contribution in [-0.4, -0.2) is 30.7 Å². The van der Waals surface area contributed by atoms with E-state index >= 15 is 0 Å². The highest BCUT2D eigenvalue weighted by Gasteiger charge is 2.36. The SMILES string of the molecule is CN1CC(C2CC2)Nc2oc(C(=O)O)cc21. The van der Waals surface area contributed by atoms with E-state index in [0.717, 1.165) is 12.2 Å². The molecule has 2 aliphatic rings. The van der Waals surface area contributed by atoms with Gasteiger partial charge in [-0.15, -0.1) is 0 Å². The molecule has 0 spiro atoms. The summed E-state index contributed by atoms with van der Waals surface area (Å²) in [5, 5.41) is 12.2. The fourth-order valence-electron chi connectivity index (χ4n) is 2.25. The number of anilines is 2. The predicted octanol–water partition coefficient (Wildman–Crippen LogP) is 1.62.